The molecule has 1 aliphatic heterocycles. The number of hydrogen-bond donors (Lipinski definition) is 3. The van der Waals surface area contributed by atoms with Crippen molar-refractivity contribution in [1.82, 2.24) is 39.0 Å². The second kappa shape index (κ2) is 32.3. The molecule has 113 heavy (non-hydrogen) atoms. The molecule has 10 atom stereocenters. The minimum Gasteiger partial charge on any atom is -0.497 e. The third-order valence-corrected chi connectivity index (χ3v) is 27.9. The Kier molecular flexibility index (Phi) is 22.6. The summed E-state index contributed by atoms with van der Waals surface area (Å²) >= 11 is 0. The van der Waals surface area contributed by atoms with E-state index < -0.39 is 130 Å². The van der Waals surface area contributed by atoms with E-state index in [4.69, 9.17) is 67.7 Å². The van der Waals surface area contributed by atoms with Crippen LogP contribution in [0.1, 0.15) is 97.0 Å². The van der Waals surface area contributed by atoms with Crippen molar-refractivity contribution in [3.05, 3.63) is 268 Å². The summed E-state index contributed by atoms with van der Waals surface area (Å²) in [6.07, 6.45) is -5.17. The number of H-pyrrole nitrogens is 1. The number of aromatic nitrogens is 8. The zero-order chi connectivity index (χ0) is 79.6. The number of hydrogen-bond acceptors (Lipinski definition) is 20. The molecule has 0 radical (unpaired) electrons. The molecular formula is C84H89FN11O15PSi. The molecule has 3 aliphatic rings. The number of alkyl halides is 1. The molecule has 0 spiro atoms. The summed E-state index contributed by atoms with van der Waals surface area (Å²) in [6.45, 7) is 20.2. The van der Waals surface area contributed by atoms with Gasteiger partial charge >= 0.3 is 7.82 Å². The van der Waals surface area contributed by atoms with Crippen molar-refractivity contribution in [2.45, 2.75) is 113 Å². The van der Waals surface area contributed by atoms with Crippen LogP contribution in [0.5, 0.6) is 23.0 Å². The van der Waals surface area contributed by atoms with Gasteiger partial charge in [0.1, 0.15) is 65.4 Å². The highest BCUT2D eigenvalue weighted by Crippen LogP contribution is 2.72. The van der Waals surface area contributed by atoms with Crippen molar-refractivity contribution in [3.8, 4) is 23.0 Å². The Morgan fingerprint density at radius 1 is 0.673 bits per heavy atom. The number of carbonyl (C=O) groups is 2. The first kappa shape index (κ1) is 78.8. The van der Waals surface area contributed by atoms with Gasteiger partial charge in [0, 0.05) is 16.9 Å². The Morgan fingerprint density at radius 3 is 1.72 bits per heavy atom. The number of fused-ring (bicyclic) bond motifs is 3. The van der Waals surface area contributed by atoms with E-state index in [1.54, 1.807) is 101 Å². The molecule has 2 saturated carbocycles. The summed E-state index contributed by atoms with van der Waals surface area (Å²) in [5.41, 5.74) is -0.397. The summed E-state index contributed by atoms with van der Waals surface area (Å²) < 4.78 is 113. The number of aromatic amines is 1. The Morgan fingerprint density at radius 2 is 1.19 bits per heavy atom. The number of phosphoric acid groups is 1. The SMILES string of the molecule is [C-]#[N+]CCOP(=O)(OC[C@]12C[C@@H]1[C@@H](n1cnc3c(=O)[nH]c(NC(=O)C(C)C)nc31)[C@H](OC(c1ccccc1)(c1ccc(OC)cc1)c1ccc(OC)cc1)[C@@H]2O[Si](C)(C)C(C)(C)C)O[C@H]1[C@@H](F)[C@H](n2cnc3c(NC(=O)c4ccccc4)ncnc32)O[C@@H]1COC(c1ccccc1)(c1ccc(OC)cc1)c1ccc(OC)cc1. The number of rotatable bonds is 31. The number of phosphoric ester groups is 1. The quantitative estimate of drug-likeness (QED) is 0.0120. The van der Waals surface area contributed by atoms with E-state index in [9.17, 15) is 14.4 Å². The number of benzene rings is 7. The molecule has 2 amide bonds. The first-order chi connectivity index (χ1) is 54.4. The zero-order valence-electron chi connectivity index (χ0n) is 64.4. The minimum atomic E-state index is -5.26. The Labute approximate surface area is 654 Å². The predicted molar refractivity (Wildman–Crippen MR) is 423 cm³/mol. The Hall–Kier alpha value is -10.8. The van der Waals surface area contributed by atoms with Crippen LogP contribution in [0.4, 0.5) is 16.2 Å². The molecule has 5 heterocycles. The van der Waals surface area contributed by atoms with E-state index in [2.05, 4.69) is 69.3 Å². The number of ether oxygens (including phenoxy) is 7. The highest BCUT2D eigenvalue weighted by Gasteiger charge is 2.75. The van der Waals surface area contributed by atoms with Gasteiger partial charge in [0.05, 0.1) is 66.5 Å². The van der Waals surface area contributed by atoms with E-state index >= 15 is 8.96 Å². The first-order valence-corrected chi connectivity index (χ1v) is 41.5. The summed E-state index contributed by atoms with van der Waals surface area (Å²) in [4.78, 5) is 71.0. The number of nitrogens with zero attached hydrogens (tertiary/aromatic N) is 8. The highest BCUT2D eigenvalue weighted by atomic mass is 31.2. The maximum absolute atomic E-state index is 19.1. The maximum Gasteiger partial charge on any atom is 0.475 e. The van der Waals surface area contributed by atoms with Crippen LogP contribution >= 0.6 is 7.82 Å². The van der Waals surface area contributed by atoms with Crippen molar-refractivity contribution in [2.75, 3.05) is 65.4 Å². The van der Waals surface area contributed by atoms with Gasteiger partial charge in [-0.05, 0) is 125 Å². The summed E-state index contributed by atoms with van der Waals surface area (Å²) in [5.74, 6) is 0.235. The maximum atomic E-state index is 19.1. The molecule has 4 aromatic heterocycles. The van der Waals surface area contributed by atoms with E-state index in [0.717, 1.165) is 0 Å². The number of carbonyl (C=O) groups excluding carboxylic acids is 2. The molecule has 0 bridgehead atoms. The van der Waals surface area contributed by atoms with Gasteiger partial charge in [-0.3, -0.25) is 42.8 Å². The van der Waals surface area contributed by atoms with Crippen LogP contribution in [0.15, 0.2) is 212 Å². The normalized spacial score (nSPS) is 20.8. The molecule has 26 nitrogen and oxygen atoms in total. The van der Waals surface area contributed by atoms with Gasteiger partial charge in [0.15, 0.2) is 48.9 Å². The number of imidazole rings is 2. The fraction of sp³-hybridized carbons (Fsp3) is 0.345. The number of halogens is 1. The molecule has 1 saturated heterocycles. The van der Waals surface area contributed by atoms with Gasteiger partial charge in [0.2, 0.25) is 18.4 Å². The fourth-order valence-corrected chi connectivity index (χ4v) is 17.8. The number of anilines is 2. The van der Waals surface area contributed by atoms with Crippen LogP contribution in [0.3, 0.4) is 0 Å². The average molecular weight is 1570 g/mol. The standard InChI is InChI=1S/C84H89FN11O15PSi/c1-52(2)76(97)93-80-92-75-68(78(99)94-80)90-50-95(75)69-64-46-82(64,72(111-113(11,12)81(3,4)5)71(69)109-84(55-26-20-15-21-27-55,58-32-40-62(103-9)41-33-58)59-34-42-63(104-10)43-35-59)48-107-112(100,106-45-44-86-6)110-70-65(108-79(66(70)85)96-51-89-67-73(87-49-88-74(67)96)91-77(98)53-22-16-13-17-23-53)47-105-83(54-24-18-14-19-25-54,56-28-36-60(101-7)37-29-56)57-30-38-61(102-8)39-31-57/h13-43,49-52,64-66,69-72,79H,44-48H2,1-5,7-12H3,(H,87,88,91,98)(H2,92,93,94,97,99)/t64-,65-,66-,69-,70-,71+,72+,79-,82-,112?/m1/s1. The smallest absolute Gasteiger partial charge is 0.475 e. The van der Waals surface area contributed by atoms with Gasteiger partial charge in [-0.2, -0.15) is 4.98 Å². The van der Waals surface area contributed by atoms with E-state index in [-0.39, 0.29) is 40.6 Å². The summed E-state index contributed by atoms with van der Waals surface area (Å²) in [7, 11) is -2.02. The van der Waals surface area contributed by atoms with Crippen LogP contribution in [-0.4, -0.2) is 145 Å². The minimum absolute atomic E-state index is 0.0232. The van der Waals surface area contributed by atoms with Gasteiger partial charge in [-0.25, -0.2) is 35.5 Å². The molecule has 3 fully saturated rings. The largest absolute Gasteiger partial charge is 0.497 e. The lowest BCUT2D eigenvalue weighted by Crippen LogP contribution is -2.53. The molecule has 29 heteroatoms. The van der Waals surface area contributed by atoms with Gasteiger partial charge in [-0.1, -0.05) is 162 Å². The molecule has 2 aliphatic carbocycles. The van der Waals surface area contributed by atoms with Crippen LogP contribution in [-0.2, 0) is 52.8 Å². The summed E-state index contributed by atoms with van der Waals surface area (Å²) in [6, 6.07) is 56.6. The summed E-state index contributed by atoms with van der Waals surface area (Å²) in [5, 5.41) is 5.13. The topological polar surface area (TPSA) is 288 Å². The van der Waals surface area contributed by atoms with Crippen molar-refractivity contribution >= 4 is 62.0 Å². The molecule has 3 N–H and O–H groups in total. The fourth-order valence-electron chi connectivity index (χ4n) is 15.0. The third-order valence-electron chi connectivity index (χ3n) is 22.0. The van der Waals surface area contributed by atoms with Crippen molar-refractivity contribution < 1.29 is 69.7 Å². The Balaban J connectivity index is 0.918. The highest BCUT2D eigenvalue weighted by molar-refractivity contribution is 7.48. The van der Waals surface area contributed by atoms with Crippen molar-refractivity contribution in [1.29, 1.82) is 0 Å². The van der Waals surface area contributed by atoms with Crippen LogP contribution in [0.2, 0.25) is 18.1 Å². The molecule has 1 unspecified atom stereocenters. The average Bonchev–Trinajstić information content (AvgIpc) is 1.50. The third kappa shape index (κ3) is 15.3. The molecular weight excluding hydrogens is 1480 g/mol. The van der Waals surface area contributed by atoms with Gasteiger partial charge in [0.25, 0.3) is 11.5 Å². The van der Waals surface area contributed by atoms with Gasteiger partial charge in [-0.15, -0.1) is 0 Å². The van der Waals surface area contributed by atoms with Crippen molar-refractivity contribution in [2.24, 2.45) is 17.3 Å². The van der Waals surface area contributed by atoms with Crippen molar-refractivity contribution in [3.63, 3.8) is 0 Å². The van der Waals surface area contributed by atoms with E-state index in [1.165, 1.54) is 23.5 Å². The second-order valence-corrected chi connectivity index (χ2v) is 36.4. The predicted octanol–water partition coefficient (Wildman–Crippen LogP) is 14.9. The molecule has 14 rings (SSSR count). The second-order valence-electron chi connectivity index (χ2n) is 30.0. The first-order valence-electron chi connectivity index (χ1n) is 37.1. The number of nitrogens with one attached hydrogen (secondary N) is 3. The molecule has 7 aromatic carbocycles. The molecule has 586 valence electrons. The Bertz CT molecular complexity index is 5250. The van der Waals surface area contributed by atoms with Crippen LogP contribution < -0.4 is 35.1 Å². The molecule has 11 aromatic rings. The van der Waals surface area contributed by atoms with Crippen LogP contribution in [0, 0.1) is 23.8 Å². The lowest BCUT2D eigenvalue weighted by molar-refractivity contribution is -0.121. The monoisotopic (exact) mass is 1570 g/mol. The number of methoxy groups -OCH3 is 4. The number of amides is 2. The van der Waals surface area contributed by atoms with Gasteiger partial charge < -0.3 is 52.3 Å². The lowest BCUT2D eigenvalue weighted by atomic mass is 9.79. The van der Waals surface area contributed by atoms with E-state index in [0.29, 0.717) is 68.4 Å². The zero-order valence-corrected chi connectivity index (χ0v) is 66.3. The van der Waals surface area contributed by atoms with Crippen LogP contribution in [0.25, 0.3) is 27.2 Å². The lowest BCUT2D eigenvalue weighted by Gasteiger charge is -2.46. The van der Waals surface area contributed by atoms with E-state index in [1.807, 2.05) is 133 Å².